The van der Waals surface area contributed by atoms with Gasteiger partial charge in [-0.15, -0.1) is 0 Å². The number of aromatic nitrogens is 4. The zero-order valence-corrected chi connectivity index (χ0v) is 13.6. The normalized spacial score (nSPS) is 21.3. The Morgan fingerprint density at radius 3 is 2.96 bits per heavy atom. The second-order valence-electron chi connectivity index (χ2n) is 5.84. The first kappa shape index (κ1) is 15.7. The number of ether oxygens (including phenoxy) is 1. The Morgan fingerprint density at radius 2 is 2.22 bits per heavy atom. The summed E-state index contributed by atoms with van der Waals surface area (Å²) >= 11 is 0. The quantitative estimate of drug-likeness (QED) is 0.907. The second-order valence-corrected chi connectivity index (χ2v) is 5.84. The summed E-state index contributed by atoms with van der Waals surface area (Å²) in [5, 5.41) is 3.00. The van der Waals surface area contributed by atoms with Crippen molar-refractivity contribution in [3.63, 3.8) is 0 Å². The molecule has 0 unspecified atom stereocenters. The SMILES string of the molecule is CCn1ccnc1C(=O)NC[C@@H]1CCCO[C@H]1c1nccn1C. The highest BCUT2D eigenvalue weighted by atomic mass is 16.5. The fraction of sp³-hybridized carbons (Fsp3) is 0.562. The van der Waals surface area contributed by atoms with Crippen LogP contribution in [0.1, 0.15) is 42.3 Å². The van der Waals surface area contributed by atoms with Crippen LogP contribution in [-0.2, 0) is 18.3 Å². The molecule has 3 heterocycles. The van der Waals surface area contributed by atoms with Gasteiger partial charge in [-0.2, -0.15) is 0 Å². The molecule has 7 nitrogen and oxygen atoms in total. The third-order valence-electron chi connectivity index (χ3n) is 4.34. The molecule has 1 amide bonds. The van der Waals surface area contributed by atoms with Crippen LogP contribution in [0.3, 0.4) is 0 Å². The van der Waals surface area contributed by atoms with Crippen molar-refractivity contribution >= 4 is 5.91 Å². The van der Waals surface area contributed by atoms with Gasteiger partial charge in [-0.25, -0.2) is 9.97 Å². The van der Waals surface area contributed by atoms with E-state index in [-0.39, 0.29) is 17.9 Å². The Balaban J connectivity index is 1.66. The molecular formula is C16H23N5O2. The fourth-order valence-corrected chi connectivity index (χ4v) is 3.07. The number of carbonyl (C=O) groups excluding carboxylic acids is 1. The van der Waals surface area contributed by atoms with Gasteiger partial charge in [-0.3, -0.25) is 4.79 Å². The summed E-state index contributed by atoms with van der Waals surface area (Å²) in [6, 6.07) is 0. The number of amides is 1. The molecule has 0 aliphatic carbocycles. The van der Waals surface area contributed by atoms with Gasteiger partial charge >= 0.3 is 0 Å². The lowest BCUT2D eigenvalue weighted by atomic mass is 9.93. The monoisotopic (exact) mass is 317 g/mol. The molecule has 3 rings (SSSR count). The molecule has 1 saturated heterocycles. The third kappa shape index (κ3) is 3.29. The number of hydrogen-bond acceptors (Lipinski definition) is 4. The van der Waals surface area contributed by atoms with Gasteiger partial charge in [0.15, 0.2) is 5.82 Å². The largest absolute Gasteiger partial charge is 0.370 e. The summed E-state index contributed by atoms with van der Waals surface area (Å²) in [6.45, 7) is 4.02. The molecule has 2 aromatic heterocycles. The summed E-state index contributed by atoms with van der Waals surface area (Å²) in [6.07, 6.45) is 9.11. The van der Waals surface area contributed by atoms with E-state index >= 15 is 0 Å². The Labute approximate surface area is 135 Å². The number of nitrogens with zero attached hydrogens (tertiary/aromatic N) is 4. The minimum atomic E-state index is -0.138. The fourth-order valence-electron chi connectivity index (χ4n) is 3.07. The topological polar surface area (TPSA) is 74.0 Å². The first-order valence-corrected chi connectivity index (χ1v) is 8.08. The van der Waals surface area contributed by atoms with E-state index in [1.54, 1.807) is 12.4 Å². The Morgan fingerprint density at radius 1 is 1.39 bits per heavy atom. The summed E-state index contributed by atoms with van der Waals surface area (Å²) in [4.78, 5) is 20.9. The lowest BCUT2D eigenvalue weighted by Gasteiger charge is -2.31. The predicted molar refractivity (Wildman–Crippen MR) is 84.9 cm³/mol. The number of imidazole rings is 2. The highest BCUT2D eigenvalue weighted by Crippen LogP contribution is 2.32. The van der Waals surface area contributed by atoms with E-state index in [4.69, 9.17) is 4.74 Å². The molecule has 1 aliphatic heterocycles. The molecule has 0 aromatic carbocycles. The van der Waals surface area contributed by atoms with Gasteiger partial charge in [0.05, 0.1) is 0 Å². The molecule has 0 saturated carbocycles. The zero-order chi connectivity index (χ0) is 16.2. The minimum Gasteiger partial charge on any atom is -0.370 e. The van der Waals surface area contributed by atoms with Crippen molar-refractivity contribution in [1.82, 2.24) is 24.4 Å². The molecule has 1 aliphatic rings. The number of nitrogens with one attached hydrogen (secondary N) is 1. The van der Waals surface area contributed by atoms with Crippen molar-refractivity contribution in [3.05, 3.63) is 36.4 Å². The van der Waals surface area contributed by atoms with Gasteiger partial charge in [0.2, 0.25) is 0 Å². The molecule has 2 atom stereocenters. The molecule has 0 spiro atoms. The summed E-state index contributed by atoms with van der Waals surface area (Å²) in [7, 11) is 1.97. The van der Waals surface area contributed by atoms with Crippen molar-refractivity contribution < 1.29 is 9.53 Å². The summed E-state index contributed by atoms with van der Waals surface area (Å²) < 4.78 is 9.75. The molecule has 0 radical (unpaired) electrons. The molecule has 7 heteroatoms. The molecule has 1 N–H and O–H groups in total. The van der Waals surface area contributed by atoms with Gasteiger partial charge in [0, 0.05) is 57.4 Å². The van der Waals surface area contributed by atoms with Crippen LogP contribution in [0.4, 0.5) is 0 Å². The van der Waals surface area contributed by atoms with Crippen LogP contribution in [0.5, 0.6) is 0 Å². The maximum absolute atomic E-state index is 12.3. The van der Waals surface area contributed by atoms with Crippen molar-refractivity contribution in [3.8, 4) is 0 Å². The lowest BCUT2D eigenvalue weighted by Crippen LogP contribution is -2.36. The van der Waals surface area contributed by atoms with Gasteiger partial charge in [0.25, 0.3) is 5.91 Å². The summed E-state index contributed by atoms with van der Waals surface area (Å²) in [5.41, 5.74) is 0. The van der Waals surface area contributed by atoms with Gasteiger partial charge < -0.3 is 19.2 Å². The van der Waals surface area contributed by atoms with Crippen LogP contribution in [0.2, 0.25) is 0 Å². The smallest absolute Gasteiger partial charge is 0.287 e. The van der Waals surface area contributed by atoms with E-state index in [0.29, 0.717) is 12.4 Å². The maximum Gasteiger partial charge on any atom is 0.287 e. The molecule has 124 valence electrons. The van der Waals surface area contributed by atoms with Crippen LogP contribution >= 0.6 is 0 Å². The van der Waals surface area contributed by atoms with Crippen molar-refractivity contribution in [2.45, 2.75) is 32.4 Å². The third-order valence-corrected chi connectivity index (χ3v) is 4.34. The average Bonchev–Trinajstić information content (AvgIpc) is 3.21. The van der Waals surface area contributed by atoms with E-state index in [9.17, 15) is 4.79 Å². The number of carbonyl (C=O) groups is 1. The van der Waals surface area contributed by atoms with E-state index in [1.807, 2.05) is 35.5 Å². The number of rotatable bonds is 5. The Hall–Kier alpha value is -2.15. The van der Waals surface area contributed by atoms with Crippen LogP contribution < -0.4 is 5.32 Å². The van der Waals surface area contributed by atoms with Crippen LogP contribution in [0.25, 0.3) is 0 Å². The van der Waals surface area contributed by atoms with Gasteiger partial charge in [-0.05, 0) is 19.8 Å². The molecule has 2 aromatic rings. The van der Waals surface area contributed by atoms with Crippen LogP contribution in [0, 0.1) is 5.92 Å². The zero-order valence-electron chi connectivity index (χ0n) is 13.6. The number of aryl methyl sites for hydroxylation is 2. The Bertz CT molecular complexity index is 663. The molecule has 23 heavy (non-hydrogen) atoms. The van der Waals surface area contributed by atoms with Crippen LogP contribution in [-0.4, -0.2) is 38.2 Å². The van der Waals surface area contributed by atoms with E-state index in [1.165, 1.54) is 0 Å². The molecule has 0 bridgehead atoms. The summed E-state index contributed by atoms with van der Waals surface area (Å²) in [5.74, 6) is 1.46. The first-order valence-electron chi connectivity index (χ1n) is 8.08. The second kappa shape index (κ2) is 6.95. The van der Waals surface area contributed by atoms with Gasteiger partial charge in [0.1, 0.15) is 11.9 Å². The first-order chi connectivity index (χ1) is 11.2. The van der Waals surface area contributed by atoms with E-state index < -0.39 is 0 Å². The Kier molecular flexibility index (Phi) is 4.76. The molecular weight excluding hydrogens is 294 g/mol. The van der Waals surface area contributed by atoms with E-state index in [2.05, 4.69) is 15.3 Å². The lowest BCUT2D eigenvalue weighted by molar-refractivity contribution is -0.0338. The minimum absolute atomic E-state index is 0.0741. The standard InChI is InChI=1S/C16H23N5O2/c1-3-21-9-7-18-15(21)16(22)19-11-12-5-4-10-23-13(12)14-17-6-8-20(14)2/h6-9,12-13H,3-5,10-11H2,1-2H3,(H,19,22)/t12-,13+/m0/s1. The van der Waals surface area contributed by atoms with Crippen LogP contribution in [0.15, 0.2) is 24.8 Å². The van der Waals surface area contributed by atoms with E-state index in [0.717, 1.165) is 31.8 Å². The number of hydrogen-bond donors (Lipinski definition) is 1. The highest BCUT2D eigenvalue weighted by Gasteiger charge is 2.30. The van der Waals surface area contributed by atoms with Crippen molar-refractivity contribution in [2.24, 2.45) is 13.0 Å². The van der Waals surface area contributed by atoms with Crippen molar-refractivity contribution in [2.75, 3.05) is 13.2 Å². The highest BCUT2D eigenvalue weighted by molar-refractivity contribution is 5.90. The molecule has 1 fully saturated rings. The van der Waals surface area contributed by atoms with Crippen molar-refractivity contribution in [1.29, 1.82) is 0 Å². The van der Waals surface area contributed by atoms with Gasteiger partial charge in [-0.1, -0.05) is 0 Å². The average molecular weight is 317 g/mol. The predicted octanol–water partition coefficient (Wildman–Crippen LogP) is 1.53. The maximum atomic E-state index is 12.3.